The molecule has 1 heterocycles. The van der Waals surface area contributed by atoms with Crippen LogP contribution in [0.15, 0.2) is 212 Å². The summed E-state index contributed by atoms with van der Waals surface area (Å²) < 4.78 is 2.62. The molecule has 1 aliphatic carbocycles. The zero-order chi connectivity index (χ0) is 39.5. The number of rotatable bonds is 7. The minimum absolute atomic E-state index is 0.102. The van der Waals surface area contributed by atoms with Crippen molar-refractivity contribution < 1.29 is 0 Å². The van der Waals surface area contributed by atoms with Crippen molar-refractivity contribution >= 4 is 48.6 Å². The number of anilines is 3. The maximum atomic E-state index is 2.42. The van der Waals surface area contributed by atoms with E-state index in [2.05, 4.69) is 231 Å². The van der Waals surface area contributed by atoms with Gasteiger partial charge in [-0.2, -0.15) is 0 Å². The molecule has 1 aliphatic rings. The molecule has 0 atom stereocenters. The molecule has 0 spiro atoms. The molecule has 9 aromatic carbocycles. The Morgan fingerprint density at radius 2 is 0.847 bits per heavy atom. The van der Waals surface area contributed by atoms with E-state index < -0.39 is 0 Å². The van der Waals surface area contributed by atoms with Gasteiger partial charge in [0.15, 0.2) is 0 Å². The van der Waals surface area contributed by atoms with E-state index in [1.165, 1.54) is 86.9 Å². The minimum Gasteiger partial charge on any atom is -0.310 e. The topological polar surface area (TPSA) is 3.24 Å². The van der Waals surface area contributed by atoms with Gasteiger partial charge >= 0.3 is 0 Å². The first kappa shape index (κ1) is 35.2. The van der Waals surface area contributed by atoms with E-state index >= 15 is 0 Å². The quantitative estimate of drug-likeness (QED) is 0.156. The lowest BCUT2D eigenvalue weighted by atomic mass is 9.82. The van der Waals surface area contributed by atoms with Crippen LogP contribution in [-0.4, -0.2) is 0 Å². The minimum atomic E-state index is -0.102. The maximum Gasteiger partial charge on any atom is 0.0465 e. The van der Waals surface area contributed by atoms with E-state index in [0.29, 0.717) is 0 Å². The average Bonchev–Trinajstić information content (AvgIpc) is 3.79. The van der Waals surface area contributed by atoms with E-state index in [0.717, 1.165) is 17.1 Å². The number of thiophene rings is 1. The SMILES string of the molecule is CC1(C)c2ccccc2-c2ccc(N(c3ccc(-c4ccccc4)cc3)c3ccc(-c4ccc5sc6ccccc6c5c4-c4ccc(-c5ccccc5)cc4)cc3)cc21. The maximum absolute atomic E-state index is 2.42. The molecule has 1 aromatic heterocycles. The molecule has 0 aliphatic heterocycles. The largest absolute Gasteiger partial charge is 0.310 e. The fraction of sp³-hybridized carbons (Fsp3) is 0.0526. The molecular formula is C57H41NS. The van der Waals surface area contributed by atoms with E-state index in [9.17, 15) is 0 Å². The third-order valence-corrected chi connectivity index (χ3v) is 13.5. The van der Waals surface area contributed by atoms with E-state index in [1.807, 2.05) is 11.3 Å². The lowest BCUT2D eigenvalue weighted by Gasteiger charge is -2.28. The predicted octanol–water partition coefficient (Wildman–Crippen LogP) is 16.5. The first-order valence-corrected chi connectivity index (χ1v) is 21.2. The third kappa shape index (κ3) is 5.99. The van der Waals surface area contributed by atoms with Crippen LogP contribution in [0.4, 0.5) is 17.1 Å². The molecule has 0 saturated heterocycles. The van der Waals surface area contributed by atoms with Crippen LogP contribution in [0, 0.1) is 0 Å². The molecule has 59 heavy (non-hydrogen) atoms. The van der Waals surface area contributed by atoms with Crippen LogP contribution < -0.4 is 4.90 Å². The number of fused-ring (bicyclic) bond motifs is 6. The number of hydrogen-bond donors (Lipinski definition) is 0. The molecule has 11 rings (SSSR count). The average molecular weight is 772 g/mol. The summed E-state index contributed by atoms with van der Waals surface area (Å²) in [7, 11) is 0. The molecule has 0 amide bonds. The van der Waals surface area contributed by atoms with Crippen molar-refractivity contribution in [3.05, 3.63) is 223 Å². The van der Waals surface area contributed by atoms with Gasteiger partial charge in [0.05, 0.1) is 0 Å². The predicted molar refractivity (Wildman–Crippen MR) is 253 cm³/mol. The second-order valence-electron chi connectivity index (χ2n) is 16.1. The van der Waals surface area contributed by atoms with Gasteiger partial charge < -0.3 is 4.90 Å². The van der Waals surface area contributed by atoms with Crippen LogP contribution >= 0.6 is 11.3 Å². The molecule has 2 heteroatoms. The fourth-order valence-electron chi connectivity index (χ4n) is 9.32. The van der Waals surface area contributed by atoms with Crippen molar-refractivity contribution in [1.82, 2.24) is 0 Å². The van der Waals surface area contributed by atoms with Crippen molar-refractivity contribution in [1.29, 1.82) is 0 Å². The summed E-state index contributed by atoms with van der Waals surface area (Å²) >= 11 is 1.87. The molecule has 0 saturated carbocycles. The van der Waals surface area contributed by atoms with Crippen LogP contribution in [-0.2, 0) is 5.41 Å². The zero-order valence-corrected chi connectivity index (χ0v) is 33.9. The number of nitrogens with zero attached hydrogens (tertiary/aromatic N) is 1. The van der Waals surface area contributed by atoms with Crippen molar-refractivity contribution in [3.8, 4) is 55.6 Å². The standard InChI is InChI=1S/C57H41NS/c1-57(2)51-19-11-9-17-48(51)49-34-33-46(37-52(49)57)58(44-29-25-41(26-30-44)39-15-7-4-8-16-39)45-31-27-42(28-32-45)47-35-36-54-56(50-18-10-12-20-53(50)59-54)55(47)43-23-21-40(22-24-43)38-13-5-3-6-14-38/h3-37H,1-2H3. The molecule has 280 valence electrons. The Kier molecular flexibility index (Phi) is 8.43. The number of hydrogen-bond acceptors (Lipinski definition) is 2. The van der Waals surface area contributed by atoms with Crippen LogP contribution in [0.2, 0.25) is 0 Å². The van der Waals surface area contributed by atoms with E-state index in [4.69, 9.17) is 0 Å². The normalized spacial score (nSPS) is 12.7. The van der Waals surface area contributed by atoms with Gasteiger partial charge in [0, 0.05) is 42.6 Å². The highest BCUT2D eigenvalue weighted by Gasteiger charge is 2.35. The molecule has 0 fully saturated rings. The van der Waals surface area contributed by atoms with Gasteiger partial charge in [-0.1, -0.05) is 178 Å². The van der Waals surface area contributed by atoms with Gasteiger partial charge in [0.25, 0.3) is 0 Å². The van der Waals surface area contributed by atoms with Crippen molar-refractivity contribution in [2.45, 2.75) is 19.3 Å². The van der Waals surface area contributed by atoms with Gasteiger partial charge in [-0.25, -0.2) is 0 Å². The summed E-state index contributed by atoms with van der Waals surface area (Å²) in [6.07, 6.45) is 0. The molecule has 0 unspecified atom stereocenters. The Morgan fingerprint density at radius 3 is 1.53 bits per heavy atom. The molecule has 10 aromatic rings. The van der Waals surface area contributed by atoms with E-state index in [1.54, 1.807) is 0 Å². The van der Waals surface area contributed by atoms with Gasteiger partial charge in [0.2, 0.25) is 0 Å². The summed E-state index contributed by atoms with van der Waals surface area (Å²) in [5, 5.41) is 2.63. The molecular weight excluding hydrogens is 731 g/mol. The van der Waals surface area contributed by atoms with Gasteiger partial charge in [0.1, 0.15) is 0 Å². The van der Waals surface area contributed by atoms with Gasteiger partial charge in [-0.05, 0) is 115 Å². The molecule has 0 radical (unpaired) electrons. The van der Waals surface area contributed by atoms with Crippen molar-refractivity contribution in [2.75, 3.05) is 4.90 Å². The lowest BCUT2D eigenvalue weighted by Crippen LogP contribution is -2.16. The van der Waals surface area contributed by atoms with Crippen molar-refractivity contribution in [3.63, 3.8) is 0 Å². The molecule has 0 bridgehead atoms. The van der Waals surface area contributed by atoms with Gasteiger partial charge in [-0.15, -0.1) is 11.3 Å². The summed E-state index contributed by atoms with van der Waals surface area (Å²) in [5.41, 5.74) is 18.5. The number of benzene rings is 9. The molecule has 1 nitrogen and oxygen atoms in total. The second-order valence-corrected chi connectivity index (χ2v) is 17.2. The van der Waals surface area contributed by atoms with Crippen molar-refractivity contribution in [2.24, 2.45) is 0 Å². The van der Waals surface area contributed by atoms with E-state index in [-0.39, 0.29) is 5.41 Å². The molecule has 0 N–H and O–H groups in total. The summed E-state index contributed by atoms with van der Waals surface area (Å²) in [4.78, 5) is 2.41. The highest BCUT2D eigenvalue weighted by atomic mass is 32.1. The first-order valence-electron chi connectivity index (χ1n) is 20.4. The summed E-state index contributed by atoms with van der Waals surface area (Å²) in [6.45, 7) is 4.71. The summed E-state index contributed by atoms with van der Waals surface area (Å²) in [5.74, 6) is 0. The fourth-order valence-corrected chi connectivity index (χ4v) is 10.4. The van der Waals surface area contributed by atoms with Crippen LogP contribution in [0.1, 0.15) is 25.0 Å². The van der Waals surface area contributed by atoms with Gasteiger partial charge in [-0.3, -0.25) is 0 Å². The Bertz CT molecular complexity index is 3140. The lowest BCUT2D eigenvalue weighted by molar-refractivity contribution is 0.660. The second kappa shape index (κ2) is 14.1. The smallest absolute Gasteiger partial charge is 0.0465 e. The summed E-state index contributed by atoms with van der Waals surface area (Å²) in [6, 6.07) is 78.0. The third-order valence-electron chi connectivity index (χ3n) is 12.3. The Balaban J connectivity index is 1.04. The van der Waals surface area contributed by atoms with Crippen LogP contribution in [0.3, 0.4) is 0 Å². The van der Waals surface area contributed by atoms with Crippen LogP contribution in [0.25, 0.3) is 75.8 Å². The first-order chi connectivity index (χ1) is 29.0. The zero-order valence-electron chi connectivity index (χ0n) is 33.1. The monoisotopic (exact) mass is 771 g/mol. The highest BCUT2D eigenvalue weighted by Crippen LogP contribution is 2.51. The Labute approximate surface area is 350 Å². The van der Waals surface area contributed by atoms with Crippen LogP contribution in [0.5, 0.6) is 0 Å². The Morgan fingerprint density at radius 1 is 0.356 bits per heavy atom. The highest BCUT2D eigenvalue weighted by molar-refractivity contribution is 7.26. The Hall–Kier alpha value is -7.00.